The highest BCUT2D eigenvalue weighted by molar-refractivity contribution is 5.89. The van der Waals surface area contributed by atoms with Gasteiger partial charge in [-0.1, -0.05) is 17.3 Å². The molecule has 8 nitrogen and oxygen atoms in total. The zero-order chi connectivity index (χ0) is 17.8. The fraction of sp³-hybridized carbons (Fsp3) is 0.176. The predicted octanol–water partition coefficient (Wildman–Crippen LogP) is 1.85. The first-order valence-electron chi connectivity index (χ1n) is 7.74. The van der Waals surface area contributed by atoms with E-state index in [0.717, 1.165) is 11.3 Å². The molecule has 0 saturated heterocycles. The molecule has 2 amide bonds. The van der Waals surface area contributed by atoms with E-state index in [9.17, 15) is 9.59 Å². The second-order valence-corrected chi connectivity index (χ2v) is 5.60. The number of urea groups is 1. The highest BCUT2D eigenvalue weighted by atomic mass is 16.2. The number of pyridine rings is 1. The first-order valence-corrected chi connectivity index (χ1v) is 7.74. The van der Waals surface area contributed by atoms with Gasteiger partial charge >= 0.3 is 6.03 Å². The molecule has 1 atom stereocenters. The maximum Gasteiger partial charge on any atom is 0.319 e. The number of benzene rings is 1. The first kappa shape index (κ1) is 16.4. The molecule has 0 aliphatic heterocycles. The van der Waals surface area contributed by atoms with Crippen LogP contribution in [0.15, 0.2) is 59.8 Å². The van der Waals surface area contributed by atoms with Crippen LogP contribution in [0.1, 0.15) is 18.5 Å². The van der Waals surface area contributed by atoms with Crippen molar-refractivity contribution in [1.29, 1.82) is 0 Å². The second kappa shape index (κ2) is 7.00. The van der Waals surface area contributed by atoms with Crippen molar-refractivity contribution in [2.24, 2.45) is 7.05 Å². The first-order chi connectivity index (χ1) is 12.0. The molecular weight excluding hydrogens is 320 g/mol. The van der Waals surface area contributed by atoms with Crippen LogP contribution in [-0.4, -0.2) is 25.6 Å². The molecule has 128 valence electrons. The molecule has 2 heterocycles. The Bertz CT molecular complexity index is 915. The van der Waals surface area contributed by atoms with Crippen LogP contribution in [0.3, 0.4) is 0 Å². The zero-order valence-corrected chi connectivity index (χ0v) is 13.9. The number of rotatable bonds is 4. The van der Waals surface area contributed by atoms with Gasteiger partial charge in [0, 0.05) is 13.2 Å². The van der Waals surface area contributed by atoms with Crippen molar-refractivity contribution in [1.82, 2.24) is 24.9 Å². The number of hydrogen-bond acceptors (Lipinski definition) is 4. The molecule has 8 heteroatoms. The van der Waals surface area contributed by atoms with Crippen molar-refractivity contribution in [3.8, 4) is 5.69 Å². The third kappa shape index (κ3) is 3.74. The minimum absolute atomic E-state index is 0.225. The number of hydrogen-bond donors (Lipinski definition) is 2. The third-order valence-corrected chi connectivity index (χ3v) is 3.80. The van der Waals surface area contributed by atoms with Gasteiger partial charge in [-0.2, -0.15) is 0 Å². The fourth-order valence-electron chi connectivity index (χ4n) is 2.39. The van der Waals surface area contributed by atoms with Crippen molar-refractivity contribution in [3.05, 3.63) is 70.9 Å². The molecule has 0 bridgehead atoms. The fourth-order valence-corrected chi connectivity index (χ4v) is 2.39. The van der Waals surface area contributed by atoms with Gasteiger partial charge in [0.1, 0.15) is 5.69 Å². The molecule has 0 radical (unpaired) electrons. The lowest BCUT2D eigenvalue weighted by atomic mass is 10.1. The minimum atomic E-state index is -0.434. The lowest BCUT2D eigenvalue weighted by Crippen LogP contribution is -2.33. The summed E-state index contributed by atoms with van der Waals surface area (Å²) in [7, 11) is 1.63. The Morgan fingerprint density at radius 2 is 1.92 bits per heavy atom. The third-order valence-electron chi connectivity index (χ3n) is 3.80. The van der Waals surface area contributed by atoms with Gasteiger partial charge < -0.3 is 15.2 Å². The molecule has 0 spiro atoms. The highest BCUT2D eigenvalue weighted by Gasteiger charge is 2.11. The molecule has 0 aliphatic rings. The summed E-state index contributed by atoms with van der Waals surface area (Å²) in [6.07, 6.45) is 4.99. The van der Waals surface area contributed by atoms with Crippen molar-refractivity contribution in [2.75, 3.05) is 5.32 Å². The summed E-state index contributed by atoms with van der Waals surface area (Å²) in [5.74, 6) is 0. The number of anilines is 1. The van der Waals surface area contributed by atoms with E-state index in [0.29, 0.717) is 0 Å². The van der Waals surface area contributed by atoms with Gasteiger partial charge in [-0.05, 0) is 36.8 Å². The van der Waals surface area contributed by atoms with Gasteiger partial charge in [-0.3, -0.25) is 4.79 Å². The Kier molecular flexibility index (Phi) is 4.60. The molecule has 1 aromatic carbocycles. The standard InChI is InChI=1S/C17H18N6O2/c1-12(13-5-7-14(8-6-13)23-11-9-18-21-23)19-17(25)20-15-4-3-10-22(2)16(15)24/h3-12H,1-2H3,(H2,19,20,25). The topological polar surface area (TPSA) is 93.8 Å². The molecule has 3 aromatic rings. The van der Waals surface area contributed by atoms with Gasteiger partial charge in [0.15, 0.2) is 0 Å². The van der Waals surface area contributed by atoms with E-state index in [2.05, 4.69) is 20.9 Å². The van der Waals surface area contributed by atoms with E-state index in [-0.39, 0.29) is 17.3 Å². The predicted molar refractivity (Wildman–Crippen MR) is 93.6 cm³/mol. The Labute approximate surface area is 144 Å². The van der Waals surface area contributed by atoms with Gasteiger partial charge in [0.25, 0.3) is 5.56 Å². The largest absolute Gasteiger partial charge is 0.331 e. The second-order valence-electron chi connectivity index (χ2n) is 5.60. The number of amides is 2. The van der Waals surface area contributed by atoms with Crippen molar-refractivity contribution in [3.63, 3.8) is 0 Å². The molecule has 25 heavy (non-hydrogen) atoms. The molecule has 2 N–H and O–H groups in total. The summed E-state index contributed by atoms with van der Waals surface area (Å²) in [5, 5.41) is 13.1. The van der Waals surface area contributed by atoms with Gasteiger partial charge in [-0.15, -0.1) is 5.10 Å². The van der Waals surface area contributed by atoms with Crippen LogP contribution in [0.4, 0.5) is 10.5 Å². The smallest absolute Gasteiger partial charge is 0.319 e. The lowest BCUT2D eigenvalue weighted by molar-refractivity contribution is 0.249. The molecule has 3 rings (SSSR count). The van der Waals surface area contributed by atoms with Crippen molar-refractivity contribution < 1.29 is 4.79 Å². The van der Waals surface area contributed by atoms with Gasteiger partial charge in [0.2, 0.25) is 0 Å². The summed E-state index contributed by atoms with van der Waals surface area (Å²) < 4.78 is 3.06. The van der Waals surface area contributed by atoms with Crippen LogP contribution in [0, 0.1) is 0 Å². The SMILES string of the molecule is CC(NC(=O)Nc1cccn(C)c1=O)c1ccc(-n2ccnn2)cc1. The normalized spacial score (nSPS) is 11.8. The van der Waals surface area contributed by atoms with E-state index < -0.39 is 6.03 Å². The molecule has 2 aromatic heterocycles. The maximum absolute atomic E-state index is 12.1. The van der Waals surface area contributed by atoms with Crippen molar-refractivity contribution in [2.45, 2.75) is 13.0 Å². The maximum atomic E-state index is 12.1. The molecular formula is C17H18N6O2. The number of carbonyl (C=O) groups is 1. The van der Waals surface area contributed by atoms with Gasteiger partial charge in [-0.25, -0.2) is 9.48 Å². The van der Waals surface area contributed by atoms with E-state index >= 15 is 0 Å². The molecule has 1 unspecified atom stereocenters. The van der Waals surface area contributed by atoms with Crippen LogP contribution < -0.4 is 16.2 Å². The molecule has 0 saturated carbocycles. The highest BCUT2D eigenvalue weighted by Crippen LogP contribution is 2.15. The Hall–Kier alpha value is -3.42. The van der Waals surface area contributed by atoms with E-state index in [4.69, 9.17) is 0 Å². The number of carbonyl (C=O) groups excluding carboxylic acids is 1. The zero-order valence-electron chi connectivity index (χ0n) is 13.9. The van der Waals surface area contributed by atoms with Crippen LogP contribution in [0.5, 0.6) is 0 Å². The number of nitrogens with zero attached hydrogens (tertiary/aromatic N) is 4. The monoisotopic (exact) mass is 338 g/mol. The Balaban J connectivity index is 1.65. The van der Waals surface area contributed by atoms with Crippen molar-refractivity contribution >= 4 is 11.7 Å². The summed E-state index contributed by atoms with van der Waals surface area (Å²) in [6.45, 7) is 1.87. The van der Waals surface area contributed by atoms with E-state index in [1.807, 2.05) is 31.2 Å². The Morgan fingerprint density at radius 3 is 2.60 bits per heavy atom. The minimum Gasteiger partial charge on any atom is -0.331 e. The summed E-state index contributed by atoms with van der Waals surface area (Å²) in [5.41, 5.74) is 1.78. The lowest BCUT2D eigenvalue weighted by Gasteiger charge is -2.15. The van der Waals surface area contributed by atoms with Crippen LogP contribution in [-0.2, 0) is 7.05 Å². The van der Waals surface area contributed by atoms with E-state index in [1.54, 1.807) is 42.5 Å². The van der Waals surface area contributed by atoms with Crippen LogP contribution in [0.2, 0.25) is 0 Å². The van der Waals surface area contributed by atoms with Gasteiger partial charge in [0.05, 0.1) is 24.1 Å². The number of aryl methyl sites for hydroxylation is 1. The quantitative estimate of drug-likeness (QED) is 0.759. The van der Waals surface area contributed by atoms with Crippen LogP contribution in [0.25, 0.3) is 5.69 Å². The average Bonchev–Trinajstić information content (AvgIpc) is 3.13. The Morgan fingerprint density at radius 1 is 1.16 bits per heavy atom. The van der Waals surface area contributed by atoms with E-state index in [1.165, 1.54) is 4.57 Å². The summed E-state index contributed by atoms with van der Waals surface area (Å²) >= 11 is 0. The number of nitrogens with one attached hydrogen (secondary N) is 2. The van der Waals surface area contributed by atoms with Crippen LogP contribution >= 0.6 is 0 Å². The summed E-state index contributed by atoms with van der Waals surface area (Å²) in [6, 6.07) is 10.2. The average molecular weight is 338 g/mol. The molecule has 0 aliphatic carbocycles. The molecule has 0 fully saturated rings. The number of aromatic nitrogens is 4. The summed E-state index contributed by atoms with van der Waals surface area (Å²) in [4.78, 5) is 24.0.